The lowest BCUT2D eigenvalue weighted by atomic mass is 9.98. The highest BCUT2D eigenvalue weighted by molar-refractivity contribution is 5.70. The van der Waals surface area contributed by atoms with Crippen molar-refractivity contribution in [1.29, 1.82) is 0 Å². The number of imidazole rings is 1. The molecule has 0 spiro atoms. The summed E-state index contributed by atoms with van der Waals surface area (Å²) >= 11 is 0. The Balaban J connectivity index is 1.58. The summed E-state index contributed by atoms with van der Waals surface area (Å²) in [5.74, 6) is -0.227. The predicted octanol–water partition coefficient (Wildman–Crippen LogP) is 1.56. The van der Waals surface area contributed by atoms with Crippen LogP contribution in [0.5, 0.6) is 0 Å². The van der Waals surface area contributed by atoms with Gasteiger partial charge in [0.25, 0.3) is 5.56 Å². The summed E-state index contributed by atoms with van der Waals surface area (Å²) in [5.41, 5.74) is 0.993. The van der Waals surface area contributed by atoms with Crippen LogP contribution in [0.25, 0.3) is 11.2 Å². The van der Waals surface area contributed by atoms with Crippen molar-refractivity contribution in [3.63, 3.8) is 0 Å². The van der Waals surface area contributed by atoms with Crippen LogP contribution in [0.1, 0.15) is 31.2 Å². The van der Waals surface area contributed by atoms with Crippen molar-refractivity contribution in [2.45, 2.75) is 32.2 Å². The average Bonchev–Trinajstić information content (AvgIpc) is 3.08. The molecule has 0 bridgehead atoms. The lowest BCUT2D eigenvalue weighted by molar-refractivity contribution is -0.144. The number of aromatic nitrogens is 4. The summed E-state index contributed by atoms with van der Waals surface area (Å²) in [6, 6.07) is 9.77. The molecule has 0 fully saturated rings. The molecule has 2 aromatic heterocycles. The fourth-order valence-corrected chi connectivity index (χ4v) is 3.21. The second kappa shape index (κ2) is 8.24. The molecule has 148 valence electrons. The molecule has 0 aliphatic rings. The van der Waals surface area contributed by atoms with Crippen LogP contribution in [0.15, 0.2) is 46.2 Å². The van der Waals surface area contributed by atoms with Gasteiger partial charge in [-0.2, -0.15) is 0 Å². The van der Waals surface area contributed by atoms with Crippen molar-refractivity contribution in [3.8, 4) is 0 Å². The van der Waals surface area contributed by atoms with Gasteiger partial charge in [0.2, 0.25) is 0 Å². The number of ether oxygens (including phenoxy) is 1. The minimum atomic E-state index is -0.430. The molecule has 0 N–H and O–H groups in total. The van der Waals surface area contributed by atoms with Gasteiger partial charge < -0.3 is 9.30 Å². The number of carbonyl (C=O) groups is 1. The first-order chi connectivity index (χ1) is 13.4. The van der Waals surface area contributed by atoms with Crippen LogP contribution in [0, 0.1) is 0 Å². The Bertz CT molecular complexity index is 1100. The zero-order chi connectivity index (χ0) is 20.3. The molecular weight excluding hydrogens is 360 g/mol. The first kappa shape index (κ1) is 19.6. The van der Waals surface area contributed by atoms with Crippen LogP contribution in [0.3, 0.4) is 0 Å². The van der Waals surface area contributed by atoms with Crippen LogP contribution in [0.2, 0.25) is 0 Å². The van der Waals surface area contributed by atoms with Gasteiger partial charge in [-0.15, -0.1) is 0 Å². The molecular formula is C20H24N4O4. The van der Waals surface area contributed by atoms with Crippen molar-refractivity contribution in [2.75, 3.05) is 6.61 Å². The monoisotopic (exact) mass is 384 g/mol. The van der Waals surface area contributed by atoms with Crippen LogP contribution in [0.4, 0.5) is 0 Å². The van der Waals surface area contributed by atoms with E-state index in [9.17, 15) is 14.4 Å². The highest BCUT2D eigenvalue weighted by Gasteiger charge is 2.15. The number of aryl methyl sites for hydroxylation is 2. The second-order valence-electron chi connectivity index (χ2n) is 6.92. The number of hydrogen-bond acceptors (Lipinski definition) is 5. The zero-order valence-corrected chi connectivity index (χ0v) is 16.3. The number of nitrogens with zero attached hydrogens (tertiary/aromatic N) is 4. The number of rotatable bonds is 7. The molecule has 0 saturated carbocycles. The molecule has 0 aliphatic carbocycles. The first-order valence-corrected chi connectivity index (χ1v) is 9.21. The molecule has 3 aromatic rings. The van der Waals surface area contributed by atoms with Gasteiger partial charge in [-0.25, -0.2) is 9.78 Å². The van der Waals surface area contributed by atoms with Gasteiger partial charge in [0, 0.05) is 20.6 Å². The summed E-state index contributed by atoms with van der Waals surface area (Å²) in [4.78, 5) is 41.1. The maximum absolute atomic E-state index is 12.6. The molecule has 8 heteroatoms. The van der Waals surface area contributed by atoms with Gasteiger partial charge in [0.05, 0.1) is 19.4 Å². The molecule has 1 aromatic carbocycles. The Morgan fingerprint density at radius 1 is 1.18 bits per heavy atom. The summed E-state index contributed by atoms with van der Waals surface area (Å²) in [5, 5.41) is 0. The Labute approximate surface area is 162 Å². The van der Waals surface area contributed by atoms with E-state index in [-0.39, 0.29) is 37.0 Å². The van der Waals surface area contributed by atoms with Crippen molar-refractivity contribution < 1.29 is 9.53 Å². The fraction of sp³-hybridized carbons (Fsp3) is 0.400. The molecule has 3 rings (SSSR count). The van der Waals surface area contributed by atoms with E-state index < -0.39 is 5.69 Å². The normalized spacial score (nSPS) is 12.2. The number of carbonyl (C=O) groups excluding carboxylic acids is 1. The Morgan fingerprint density at radius 3 is 2.61 bits per heavy atom. The molecule has 0 amide bonds. The van der Waals surface area contributed by atoms with Gasteiger partial charge in [-0.05, 0) is 17.9 Å². The number of fused-ring (bicyclic) bond motifs is 1. The molecule has 0 saturated heterocycles. The summed E-state index contributed by atoms with van der Waals surface area (Å²) in [7, 11) is 3.29. The van der Waals surface area contributed by atoms with Gasteiger partial charge in [-0.1, -0.05) is 37.3 Å². The molecule has 0 unspecified atom stereocenters. The van der Waals surface area contributed by atoms with E-state index in [0.717, 1.165) is 10.1 Å². The Morgan fingerprint density at radius 2 is 1.89 bits per heavy atom. The molecule has 0 aliphatic heterocycles. The van der Waals surface area contributed by atoms with E-state index in [1.54, 1.807) is 18.7 Å². The number of esters is 1. The Hall–Kier alpha value is -3.16. The van der Waals surface area contributed by atoms with Crippen LogP contribution in [-0.4, -0.2) is 31.3 Å². The predicted molar refractivity (Wildman–Crippen MR) is 105 cm³/mol. The van der Waals surface area contributed by atoms with E-state index in [2.05, 4.69) is 4.98 Å². The lowest BCUT2D eigenvalue weighted by Gasteiger charge is -2.12. The van der Waals surface area contributed by atoms with E-state index in [1.165, 1.54) is 10.9 Å². The summed E-state index contributed by atoms with van der Waals surface area (Å²) < 4.78 is 9.39. The third kappa shape index (κ3) is 3.90. The first-order valence-electron chi connectivity index (χ1n) is 9.21. The quantitative estimate of drug-likeness (QED) is 0.456. The van der Waals surface area contributed by atoms with Crippen molar-refractivity contribution in [1.82, 2.24) is 18.7 Å². The van der Waals surface area contributed by atoms with Gasteiger partial charge in [0.15, 0.2) is 11.2 Å². The molecule has 28 heavy (non-hydrogen) atoms. The lowest BCUT2D eigenvalue weighted by Crippen LogP contribution is -2.39. The molecule has 2 heterocycles. The van der Waals surface area contributed by atoms with E-state index in [4.69, 9.17) is 4.74 Å². The third-order valence-electron chi connectivity index (χ3n) is 4.83. The van der Waals surface area contributed by atoms with Gasteiger partial charge in [-0.3, -0.25) is 18.7 Å². The zero-order valence-electron chi connectivity index (χ0n) is 16.3. The maximum Gasteiger partial charge on any atom is 0.332 e. The minimum absolute atomic E-state index is 0.0656. The maximum atomic E-state index is 12.6. The summed E-state index contributed by atoms with van der Waals surface area (Å²) in [6.45, 7) is 2.30. The van der Waals surface area contributed by atoms with Gasteiger partial charge in [0.1, 0.15) is 0 Å². The van der Waals surface area contributed by atoms with Crippen molar-refractivity contribution in [2.24, 2.45) is 14.1 Å². The highest BCUT2D eigenvalue weighted by Crippen LogP contribution is 2.18. The van der Waals surface area contributed by atoms with Crippen LogP contribution >= 0.6 is 0 Å². The Kier molecular flexibility index (Phi) is 5.77. The topological polar surface area (TPSA) is 88.1 Å². The van der Waals surface area contributed by atoms with Crippen molar-refractivity contribution >= 4 is 17.1 Å². The van der Waals surface area contributed by atoms with Crippen molar-refractivity contribution in [3.05, 3.63) is 63.1 Å². The molecule has 1 atom stereocenters. The second-order valence-corrected chi connectivity index (χ2v) is 6.92. The molecule has 0 radical (unpaired) electrons. The third-order valence-corrected chi connectivity index (χ3v) is 4.83. The largest absolute Gasteiger partial charge is 0.466 e. The standard InChI is InChI=1S/C20H24N4O4/c1-14(15-8-5-4-6-9-15)12-16(25)28-11-7-10-24-19(26)17-18(21-13-22(17)2)23(3)20(24)27/h4-6,8-9,13-14H,7,10-12H2,1-3H3/t14-/m1/s1. The van der Waals surface area contributed by atoms with E-state index in [1.807, 2.05) is 37.3 Å². The van der Waals surface area contributed by atoms with Crippen LogP contribution in [-0.2, 0) is 30.2 Å². The average molecular weight is 384 g/mol. The number of benzene rings is 1. The number of hydrogen-bond donors (Lipinski definition) is 0. The SMILES string of the molecule is C[C@H](CC(=O)OCCCn1c(=O)c2c(ncn2C)n(C)c1=O)c1ccccc1. The van der Waals surface area contributed by atoms with E-state index >= 15 is 0 Å². The van der Waals surface area contributed by atoms with Gasteiger partial charge >= 0.3 is 11.7 Å². The fourth-order valence-electron chi connectivity index (χ4n) is 3.21. The minimum Gasteiger partial charge on any atom is -0.466 e. The molecule has 8 nitrogen and oxygen atoms in total. The smallest absolute Gasteiger partial charge is 0.332 e. The van der Waals surface area contributed by atoms with Crippen LogP contribution < -0.4 is 11.2 Å². The summed E-state index contributed by atoms with van der Waals surface area (Å²) in [6.07, 6.45) is 2.17. The highest BCUT2D eigenvalue weighted by atomic mass is 16.5. The van der Waals surface area contributed by atoms with E-state index in [0.29, 0.717) is 17.6 Å².